The van der Waals surface area contributed by atoms with Gasteiger partial charge in [-0.15, -0.1) is 0 Å². The summed E-state index contributed by atoms with van der Waals surface area (Å²) in [6, 6.07) is 5.64. The normalized spacial score (nSPS) is 14.7. The molecule has 0 bridgehead atoms. The zero-order valence-electron chi connectivity index (χ0n) is 17.6. The highest BCUT2D eigenvalue weighted by Crippen LogP contribution is 2.38. The maximum absolute atomic E-state index is 12.4. The van der Waals surface area contributed by atoms with E-state index in [0.29, 0.717) is 31.3 Å². The number of pyridine rings is 3. The van der Waals surface area contributed by atoms with Gasteiger partial charge in [0.25, 0.3) is 0 Å². The number of carbonyl (C=O) groups is 1. The Balaban J connectivity index is 1.67. The summed E-state index contributed by atoms with van der Waals surface area (Å²) in [4.78, 5) is 29.7. The van der Waals surface area contributed by atoms with Crippen LogP contribution in [0.3, 0.4) is 0 Å². The fourth-order valence-corrected chi connectivity index (χ4v) is 4.32. The van der Waals surface area contributed by atoms with Crippen molar-refractivity contribution in [2.75, 3.05) is 31.1 Å². The quantitative estimate of drug-likeness (QED) is 0.449. The summed E-state index contributed by atoms with van der Waals surface area (Å²) >= 11 is 9.82. The Bertz CT molecular complexity index is 1130. The van der Waals surface area contributed by atoms with Crippen LogP contribution in [0, 0.1) is 0 Å². The molecule has 4 heterocycles. The van der Waals surface area contributed by atoms with Gasteiger partial charge < -0.3 is 14.5 Å². The summed E-state index contributed by atoms with van der Waals surface area (Å²) in [5.74, 6) is 0.854. The molecule has 9 heteroatoms. The molecule has 0 aliphatic carbocycles. The Labute approximate surface area is 194 Å². The first-order valence-electron chi connectivity index (χ1n) is 10.0. The molecule has 1 aliphatic heterocycles. The molecule has 1 aliphatic rings. The second-order valence-corrected chi connectivity index (χ2v) is 9.52. The molecule has 0 saturated carbocycles. The zero-order valence-corrected chi connectivity index (χ0v) is 19.9. The van der Waals surface area contributed by atoms with Crippen molar-refractivity contribution in [2.45, 2.75) is 26.4 Å². The molecular weight excluding hydrogens is 482 g/mol. The molecule has 1 saturated heterocycles. The summed E-state index contributed by atoms with van der Waals surface area (Å²) < 4.78 is 6.37. The number of aromatic nitrogens is 3. The molecule has 0 unspecified atom stereocenters. The van der Waals surface area contributed by atoms with Crippen molar-refractivity contribution in [3.05, 3.63) is 46.4 Å². The van der Waals surface area contributed by atoms with Crippen LogP contribution in [-0.4, -0.2) is 57.7 Å². The Morgan fingerprint density at radius 2 is 1.87 bits per heavy atom. The van der Waals surface area contributed by atoms with Crippen molar-refractivity contribution in [1.82, 2.24) is 19.9 Å². The van der Waals surface area contributed by atoms with Gasteiger partial charge in [0.05, 0.1) is 10.2 Å². The lowest BCUT2D eigenvalue weighted by Crippen LogP contribution is -2.50. The SMILES string of the molecule is CC(C)(C)OC(=O)N1CCN(c2nc(-c3ccnc(Cl)c3)c(Br)c3cnccc23)CC1. The predicted molar refractivity (Wildman–Crippen MR) is 125 cm³/mol. The Morgan fingerprint density at radius 3 is 2.55 bits per heavy atom. The third kappa shape index (κ3) is 4.75. The Hall–Kier alpha value is -2.45. The number of nitrogens with zero attached hydrogens (tertiary/aromatic N) is 5. The molecule has 1 fully saturated rings. The summed E-state index contributed by atoms with van der Waals surface area (Å²) in [6.07, 6.45) is 4.98. The maximum Gasteiger partial charge on any atom is 0.410 e. The molecule has 1 amide bonds. The number of carbonyl (C=O) groups excluding carboxylic acids is 1. The second-order valence-electron chi connectivity index (χ2n) is 8.34. The van der Waals surface area contributed by atoms with Crippen LogP contribution in [0.15, 0.2) is 41.3 Å². The van der Waals surface area contributed by atoms with Crippen LogP contribution in [0.5, 0.6) is 0 Å². The van der Waals surface area contributed by atoms with Gasteiger partial charge in [0.1, 0.15) is 16.6 Å². The monoisotopic (exact) mass is 503 g/mol. The van der Waals surface area contributed by atoms with Crippen LogP contribution in [-0.2, 0) is 4.74 Å². The van der Waals surface area contributed by atoms with Gasteiger partial charge in [0.15, 0.2) is 0 Å². The zero-order chi connectivity index (χ0) is 22.2. The molecule has 0 N–H and O–H groups in total. The number of rotatable bonds is 2. The van der Waals surface area contributed by atoms with Gasteiger partial charge >= 0.3 is 6.09 Å². The van der Waals surface area contributed by atoms with E-state index in [1.807, 2.05) is 39.1 Å². The third-order valence-corrected chi connectivity index (χ3v) is 5.96. The van der Waals surface area contributed by atoms with E-state index in [4.69, 9.17) is 21.3 Å². The van der Waals surface area contributed by atoms with E-state index in [-0.39, 0.29) is 6.09 Å². The molecule has 0 atom stereocenters. The molecule has 31 heavy (non-hydrogen) atoms. The van der Waals surface area contributed by atoms with Crippen LogP contribution in [0.1, 0.15) is 20.8 Å². The van der Waals surface area contributed by atoms with E-state index in [1.54, 1.807) is 23.4 Å². The van der Waals surface area contributed by atoms with Gasteiger partial charge in [-0.05, 0) is 54.9 Å². The molecule has 7 nitrogen and oxygen atoms in total. The average molecular weight is 505 g/mol. The van der Waals surface area contributed by atoms with Crippen LogP contribution in [0.2, 0.25) is 5.15 Å². The van der Waals surface area contributed by atoms with Gasteiger partial charge in [-0.25, -0.2) is 14.8 Å². The van der Waals surface area contributed by atoms with Gasteiger partial charge in [-0.3, -0.25) is 4.98 Å². The second kappa shape index (κ2) is 8.59. The molecule has 3 aromatic rings. The fraction of sp³-hybridized carbons (Fsp3) is 0.364. The lowest BCUT2D eigenvalue weighted by Gasteiger charge is -2.36. The number of hydrogen-bond acceptors (Lipinski definition) is 6. The number of halogens is 2. The molecule has 0 radical (unpaired) electrons. The van der Waals surface area contributed by atoms with Crippen LogP contribution in [0.25, 0.3) is 22.0 Å². The summed E-state index contributed by atoms with van der Waals surface area (Å²) in [5, 5.41) is 2.37. The third-order valence-electron chi connectivity index (χ3n) is 4.95. The van der Waals surface area contributed by atoms with Crippen LogP contribution in [0.4, 0.5) is 10.6 Å². The largest absolute Gasteiger partial charge is 0.444 e. The highest BCUT2D eigenvalue weighted by atomic mass is 79.9. The minimum atomic E-state index is -0.509. The highest BCUT2D eigenvalue weighted by Gasteiger charge is 2.27. The first kappa shape index (κ1) is 21.8. The van der Waals surface area contributed by atoms with Crippen molar-refractivity contribution in [3.63, 3.8) is 0 Å². The van der Waals surface area contributed by atoms with Gasteiger partial charge in [0, 0.05) is 61.1 Å². The number of ether oxygens (including phenoxy) is 1. The van der Waals surface area contributed by atoms with Crippen molar-refractivity contribution < 1.29 is 9.53 Å². The Morgan fingerprint density at radius 1 is 1.13 bits per heavy atom. The minimum Gasteiger partial charge on any atom is -0.444 e. The Kier molecular flexibility index (Phi) is 6.03. The summed E-state index contributed by atoms with van der Waals surface area (Å²) in [6.45, 7) is 8.06. The lowest BCUT2D eigenvalue weighted by molar-refractivity contribution is 0.0240. The molecule has 0 aromatic carbocycles. The average Bonchev–Trinajstić information content (AvgIpc) is 2.73. The number of hydrogen-bond donors (Lipinski definition) is 0. The van der Waals surface area contributed by atoms with Crippen molar-refractivity contribution in [1.29, 1.82) is 0 Å². The van der Waals surface area contributed by atoms with E-state index in [9.17, 15) is 4.79 Å². The molecule has 162 valence electrons. The standard InChI is InChI=1S/C22H23BrClN5O2/c1-22(2,3)31-21(30)29-10-8-28(9-11-29)20-15-5-6-25-13-16(15)18(23)19(27-20)14-4-7-26-17(24)12-14/h4-7,12-13H,8-11H2,1-3H3. The van der Waals surface area contributed by atoms with E-state index >= 15 is 0 Å². The van der Waals surface area contributed by atoms with Gasteiger partial charge in [-0.1, -0.05) is 11.6 Å². The first-order valence-corrected chi connectivity index (χ1v) is 11.2. The topological polar surface area (TPSA) is 71.5 Å². The van der Waals surface area contributed by atoms with E-state index in [0.717, 1.165) is 32.3 Å². The number of piperazine rings is 1. The van der Waals surface area contributed by atoms with Gasteiger partial charge in [0.2, 0.25) is 0 Å². The van der Waals surface area contributed by atoms with Crippen molar-refractivity contribution in [3.8, 4) is 11.3 Å². The molecule has 4 rings (SSSR count). The molecule has 0 spiro atoms. The van der Waals surface area contributed by atoms with Crippen molar-refractivity contribution in [2.24, 2.45) is 0 Å². The first-order chi connectivity index (χ1) is 14.7. The van der Waals surface area contributed by atoms with Gasteiger partial charge in [-0.2, -0.15) is 0 Å². The number of amides is 1. The minimum absolute atomic E-state index is 0.280. The van der Waals surface area contributed by atoms with E-state index in [1.165, 1.54) is 0 Å². The number of fused-ring (bicyclic) bond motifs is 1. The predicted octanol–water partition coefficient (Wildman–Crippen LogP) is 5.16. The highest BCUT2D eigenvalue weighted by molar-refractivity contribution is 9.10. The summed E-state index contributed by atoms with van der Waals surface area (Å²) in [5.41, 5.74) is 1.13. The van der Waals surface area contributed by atoms with E-state index < -0.39 is 5.60 Å². The fourth-order valence-electron chi connectivity index (χ4n) is 3.52. The van der Waals surface area contributed by atoms with Crippen LogP contribution >= 0.6 is 27.5 Å². The summed E-state index contributed by atoms with van der Waals surface area (Å²) in [7, 11) is 0. The van der Waals surface area contributed by atoms with Crippen LogP contribution < -0.4 is 4.90 Å². The molecule has 3 aromatic heterocycles. The smallest absolute Gasteiger partial charge is 0.410 e. The maximum atomic E-state index is 12.4. The lowest BCUT2D eigenvalue weighted by atomic mass is 10.1. The molecular formula is C22H23BrClN5O2. The number of anilines is 1. The van der Waals surface area contributed by atoms with E-state index in [2.05, 4.69) is 30.8 Å². The van der Waals surface area contributed by atoms with Crippen molar-refractivity contribution >= 4 is 50.2 Å².